The molecule has 0 saturated carbocycles. The zero-order valence-electron chi connectivity index (χ0n) is 15.9. The minimum absolute atomic E-state index is 0.200. The van der Waals surface area contributed by atoms with Crippen molar-refractivity contribution in [2.24, 2.45) is 0 Å². The van der Waals surface area contributed by atoms with Crippen LogP contribution in [0.4, 0.5) is 0 Å². The molecule has 24 heavy (non-hydrogen) atoms. The molecule has 1 unspecified atom stereocenters. The van der Waals surface area contributed by atoms with Crippen LogP contribution >= 0.6 is 0 Å². The number of methoxy groups -OCH3 is 1. The first-order valence-corrected chi connectivity index (χ1v) is 8.57. The maximum atomic E-state index is 12.0. The Bertz CT molecular complexity index is 581. The number of rotatable bonds is 6. The number of carbonyl (C=O) groups is 1. The summed E-state index contributed by atoms with van der Waals surface area (Å²) < 4.78 is 19.2. The predicted molar refractivity (Wildman–Crippen MR) is 92.7 cm³/mol. The van der Waals surface area contributed by atoms with E-state index in [0.717, 1.165) is 24.2 Å². The van der Waals surface area contributed by atoms with Crippen LogP contribution in [0, 0.1) is 6.92 Å². The molecule has 0 amide bonds. The van der Waals surface area contributed by atoms with Crippen LogP contribution in [-0.2, 0) is 25.4 Å². The topological polar surface area (TPSA) is 62.6 Å². The van der Waals surface area contributed by atoms with E-state index in [1.54, 1.807) is 0 Å². The van der Waals surface area contributed by atoms with Gasteiger partial charge < -0.3 is 14.0 Å². The zero-order chi connectivity index (χ0) is 18.1. The second-order valence-corrected chi connectivity index (χ2v) is 7.42. The number of aromatic nitrogens is 2. The fraction of sp³-hybridized carbons (Fsp3) is 0.765. The molecule has 7 heteroatoms. The van der Waals surface area contributed by atoms with Crippen molar-refractivity contribution in [3.63, 3.8) is 0 Å². The average Bonchev–Trinajstić information content (AvgIpc) is 2.94. The van der Waals surface area contributed by atoms with Crippen molar-refractivity contribution >= 4 is 13.1 Å². The Morgan fingerprint density at radius 1 is 1.33 bits per heavy atom. The van der Waals surface area contributed by atoms with Crippen LogP contribution in [0.1, 0.15) is 64.5 Å². The summed E-state index contributed by atoms with van der Waals surface area (Å²) in [5.74, 6) is -0.526. The second-order valence-electron chi connectivity index (χ2n) is 7.42. The SMILES string of the molecule is CCCn1ncc(C(CC(=O)OC)B2OC(C)(C)C(C)(C)O2)c1C. The van der Waals surface area contributed by atoms with E-state index in [9.17, 15) is 4.79 Å². The summed E-state index contributed by atoms with van der Waals surface area (Å²) >= 11 is 0. The smallest absolute Gasteiger partial charge is 0.466 e. The van der Waals surface area contributed by atoms with Gasteiger partial charge >= 0.3 is 13.1 Å². The normalized spacial score (nSPS) is 20.2. The van der Waals surface area contributed by atoms with Crippen LogP contribution in [0.15, 0.2) is 6.20 Å². The molecule has 0 N–H and O–H groups in total. The van der Waals surface area contributed by atoms with E-state index < -0.39 is 18.3 Å². The van der Waals surface area contributed by atoms with Gasteiger partial charge in [0.25, 0.3) is 0 Å². The van der Waals surface area contributed by atoms with Gasteiger partial charge in [0.15, 0.2) is 0 Å². The van der Waals surface area contributed by atoms with E-state index in [-0.39, 0.29) is 18.2 Å². The summed E-state index contributed by atoms with van der Waals surface area (Å²) in [4.78, 5) is 12.0. The molecule has 0 spiro atoms. The van der Waals surface area contributed by atoms with Crippen LogP contribution in [0.25, 0.3) is 0 Å². The van der Waals surface area contributed by atoms with Crippen molar-refractivity contribution in [3.8, 4) is 0 Å². The molecule has 2 heterocycles. The van der Waals surface area contributed by atoms with Gasteiger partial charge in [-0.3, -0.25) is 9.48 Å². The van der Waals surface area contributed by atoms with Crippen LogP contribution in [0.2, 0.25) is 0 Å². The molecule has 134 valence electrons. The van der Waals surface area contributed by atoms with Crippen molar-refractivity contribution in [3.05, 3.63) is 17.5 Å². The number of hydrogen-bond acceptors (Lipinski definition) is 5. The fourth-order valence-corrected chi connectivity index (χ4v) is 2.93. The number of hydrogen-bond donors (Lipinski definition) is 0. The number of aryl methyl sites for hydroxylation is 1. The molecule has 1 aromatic rings. The Hall–Kier alpha value is -1.34. The van der Waals surface area contributed by atoms with E-state index in [0.29, 0.717) is 0 Å². The maximum absolute atomic E-state index is 12.0. The van der Waals surface area contributed by atoms with E-state index in [1.807, 2.05) is 45.5 Å². The summed E-state index contributed by atoms with van der Waals surface area (Å²) in [7, 11) is 0.892. The molecular weight excluding hydrogens is 307 g/mol. The van der Waals surface area contributed by atoms with Crippen LogP contribution in [0.5, 0.6) is 0 Å². The third kappa shape index (κ3) is 3.52. The number of nitrogens with zero attached hydrogens (tertiary/aromatic N) is 2. The quantitative estimate of drug-likeness (QED) is 0.590. The van der Waals surface area contributed by atoms with Gasteiger partial charge in [0.05, 0.1) is 30.9 Å². The Labute approximate surface area is 145 Å². The van der Waals surface area contributed by atoms with E-state index in [1.165, 1.54) is 7.11 Å². The van der Waals surface area contributed by atoms with E-state index in [4.69, 9.17) is 14.0 Å². The standard InChI is InChI=1S/C17H29BN2O4/c1-8-9-20-12(2)13(11-19-20)14(10-15(21)22-7)18-23-16(3,4)17(5,6)24-18/h11,14H,8-10H2,1-7H3. The molecule has 0 aromatic carbocycles. The fourth-order valence-electron chi connectivity index (χ4n) is 2.93. The highest BCUT2D eigenvalue weighted by Crippen LogP contribution is 2.42. The van der Waals surface area contributed by atoms with Crippen molar-refractivity contribution in [2.45, 2.75) is 77.9 Å². The van der Waals surface area contributed by atoms with Crippen molar-refractivity contribution in [1.82, 2.24) is 9.78 Å². The van der Waals surface area contributed by atoms with E-state index in [2.05, 4.69) is 12.0 Å². The molecule has 0 aliphatic carbocycles. The lowest BCUT2D eigenvalue weighted by Gasteiger charge is -2.32. The highest BCUT2D eigenvalue weighted by Gasteiger charge is 2.54. The molecule has 1 aliphatic rings. The van der Waals surface area contributed by atoms with Gasteiger partial charge in [0.1, 0.15) is 0 Å². The summed E-state index contributed by atoms with van der Waals surface area (Å²) in [6.45, 7) is 13.0. The average molecular weight is 336 g/mol. The first kappa shape index (κ1) is 19.0. The highest BCUT2D eigenvalue weighted by molar-refractivity contribution is 6.48. The predicted octanol–water partition coefficient (Wildman–Crippen LogP) is 2.88. The number of esters is 1. The lowest BCUT2D eigenvalue weighted by molar-refractivity contribution is -0.140. The van der Waals surface area contributed by atoms with Crippen molar-refractivity contribution < 1.29 is 18.8 Å². The van der Waals surface area contributed by atoms with Gasteiger partial charge in [-0.05, 0) is 46.6 Å². The minimum atomic E-state index is -0.507. The summed E-state index contributed by atoms with van der Waals surface area (Å²) in [5.41, 5.74) is 1.13. The first-order chi connectivity index (χ1) is 11.1. The number of ether oxygens (including phenoxy) is 1. The third-order valence-electron chi connectivity index (χ3n) is 5.19. The minimum Gasteiger partial charge on any atom is -0.469 e. The monoisotopic (exact) mass is 336 g/mol. The zero-order valence-corrected chi connectivity index (χ0v) is 15.9. The molecule has 0 radical (unpaired) electrons. The van der Waals surface area contributed by atoms with Gasteiger partial charge in [-0.1, -0.05) is 6.92 Å². The van der Waals surface area contributed by atoms with Crippen molar-refractivity contribution in [1.29, 1.82) is 0 Å². The summed E-state index contributed by atoms with van der Waals surface area (Å²) in [5, 5.41) is 4.46. The summed E-state index contributed by atoms with van der Waals surface area (Å²) in [6.07, 6.45) is 3.02. The highest BCUT2D eigenvalue weighted by atomic mass is 16.7. The Morgan fingerprint density at radius 3 is 2.42 bits per heavy atom. The molecule has 2 rings (SSSR count). The Morgan fingerprint density at radius 2 is 1.92 bits per heavy atom. The van der Waals surface area contributed by atoms with Gasteiger partial charge in [0, 0.05) is 18.1 Å². The molecule has 1 saturated heterocycles. The van der Waals surface area contributed by atoms with Gasteiger partial charge in [-0.25, -0.2) is 0 Å². The lowest BCUT2D eigenvalue weighted by Crippen LogP contribution is -2.41. The second kappa shape index (κ2) is 6.88. The Kier molecular flexibility index (Phi) is 5.45. The van der Waals surface area contributed by atoms with Crippen LogP contribution in [-0.4, -0.2) is 41.2 Å². The molecular formula is C17H29BN2O4. The molecule has 1 aliphatic heterocycles. The third-order valence-corrected chi connectivity index (χ3v) is 5.19. The van der Waals surface area contributed by atoms with Crippen molar-refractivity contribution in [2.75, 3.05) is 7.11 Å². The summed E-state index contributed by atoms with van der Waals surface area (Å²) in [6, 6.07) is 0. The Balaban J connectivity index is 2.35. The largest absolute Gasteiger partial charge is 0.469 e. The lowest BCUT2D eigenvalue weighted by atomic mass is 9.66. The van der Waals surface area contributed by atoms with E-state index >= 15 is 0 Å². The van der Waals surface area contributed by atoms with Gasteiger partial charge in [-0.2, -0.15) is 5.10 Å². The molecule has 1 atom stereocenters. The molecule has 1 fully saturated rings. The van der Waals surface area contributed by atoms with Crippen LogP contribution < -0.4 is 0 Å². The van der Waals surface area contributed by atoms with Gasteiger partial charge in [0.2, 0.25) is 0 Å². The first-order valence-electron chi connectivity index (χ1n) is 8.57. The molecule has 6 nitrogen and oxygen atoms in total. The van der Waals surface area contributed by atoms with Gasteiger partial charge in [-0.15, -0.1) is 0 Å². The molecule has 0 bridgehead atoms. The van der Waals surface area contributed by atoms with Crippen LogP contribution in [0.3, 0.4) is 0 Å². The number of carbonyl (C=O) groups excluding carboxylic acids is 1. The molecule has 1 aromatic heterocycles. The maximum Gasteiger partial charge on any atom is 0.466 e.